The second-order valence-corrected chi connectivity index (χ2v) is 9.70. The number of methoxy groups -OCH3 is 1. The van der Waals surface area contributed by atoms with E-state index in [0.29, 0.717) is 31.2 Å². The van der Waals surface area contributed by atoms with Gasteiger partial charge >= 0.3 is 10.4 Å². The molecule has 1 aromatic rings. The molecule has 0 aliphatic heterocycles. The standard InChI is InChI=1S/C20H26F2O6S/c1-20-8-7-12-11-5-6-17(27-10-26-2)18(22)14(11)4-3-13(12)15(20)9-16(21)19(20)28-29(23,24)25/h5-6,12-13,15-16,19H,3-4,7-10H2,1-2H3,(H,23,24,25)/t12-,13-,15+,16-,19+,20+/m1/s1/i21-1. The van der Waals surface area contributed by atoms with Crippen LogP contribution in [0, 0.1) is 23.1 Å². The first kappa shape index (κ1) is 21.0. The summed E-state index contributed by atoms with van der Waals surface area (Å²) in [6.07, 6.45) is -0.0403. The van der Waals surface area contributed by atoms with Crippen LogP contribution in [0.3, 0.4) is 0 Å². The highest BCUT2D eigenvalue weighted by Gasteiger charge is 2.60. The van der Waals surface area contributed by atoms with Gasteiger partial charge in [-0.25, -0.2) is 13.0 Å². The van der Waals surface area contributed by atoms with Crippen LogP contribution < -0.4 is 4.74 Å². The Bertz CT molecular complexity index is 891. The number of rotatable bonds is 5. The lowest BCUT2D eigenvalue weighted by molar-refractivity contribution is -0.0243. The molecular formula is C20H26F2O6S. The van der Waals surface area contributed by atoms with Gasteiger partial charge in [-0.15, -0.1) is 0 Å². The molecule has 0 heterocycles. The predicted octanol–water partition coefficient (Wildman–Crippen LogP) is 3.80. The monoisotopic (exact) mass is 431 g/mol. The van der Waals surface area contributed by atoms with Crippen LogP contribution in [0.25, 0.3) is 0 Å². The average molecular weight is 431 g/mol. The molecule has 6 atom stereocenters. The Balaban J connectivity index is 1.63. The van der Waals surface area contributed by atoms with Crippen LogP contribution in [0.2, 0.25) is 0 Å². The molecule has 3 aliphatic rings. The molecule has 3 aliphatic carbocycles. The Hall–Kier alpha value is -1.29. The third-order valence-corrected chi connectivity index (χ3v) is 7.71. The summed E-state index contributed by atoms with van der Waals surface area (Å²) in [4.78, 5) is 0. The maximum Gasteiger partial charge on any atom is 0.397 e. The largest absolute Gasteiger partial charge is 0.464 e. The quantitative estimate of drug-likeness (QED) is 0.564. The number of halogens is 2. The Kier molecular flexibility index (Phi) is 5.38. The fraction of sp³-hybridized carbons (Fsp3) is 0.700. The smallest absolute Gasteiger partial charge is 0.397 e. The van der Waals surface area contributed by atoms with Crippen molar-refractivity contribution in [1.82, 2.24) is 0 Å². The van der Waals surface area contributed by atoms with E-state index >= 15 is 0 Å². The summed E-state index contributed by atoms with van der Waals surface area (Å²) in [5.74, 6) is -0.104. The number of hydrogen-bond acceptors (Lipinski definition) is 5. The topological polar surface area (TPSA) is 82.1 Å². The van der Waals surface area contributed by atoms with E-state index in [1.54, 1.807) is 6.07 Å². The number of alkyl halides is 1. The van der Waals surface area contributed by atoms with E-state index in [9.17, 15) is 17.2 Å². The van der Waals surface area contributed by atoms with Crippen LogP contribution in [-0.2, 0) is 25.7 Å². The van der Waals surface area contributed by atoms with Crippen molar-refractivity contribution in [3.05, 3.63) is 29.1 Å². The van der Waals surface area contributed by atoms with Crippen LogP contribution in [0.4, 0.5) is 8.78 Å². The minimum atomic E-state index is -4.74. The fourth-order valence-corrected chi connectivity index (χ4v) is 6.67. The lowest BCUT2D eigenvalue weighted by atomic mass is 9.55. The van der Waals surface area contributed by atoms with Gasteiger partial charge in [0, 0.05) is 12.5 Å². The van der Waals surface area contributed by atoms with Crippen LogP contribution in [0.5, 0.6) is 5.75 Å². The third kappa shape index (κ3) is 3.56. The molecule has 0 saturated heterocycles. The Labute approximate surface area is 169 Å². The Morgan fingerprint density at radius 3 is 2.76 bits per heavy atom. The Morgan fingerprint density at radius 1 is 1.31 bits per heavy atom. The Morgan fingerprint density at radius 2 is 2.07 bits per heavy atom. The molecule has 0 unspecified atom stereocenters. The summed E-state index contributed by atoms with van der Waals surface area (Å²) in [5, 5.41) is 0. The molecule has 0 bridgehead atoms. The molecule has 0 amide bonds. The lowest BCUT2D eigenvalue weighted by Crippen LogP contribution is -2.46. The van der Waals surface area contributed by atoms with Gasteiger partial charge in [0.15, 0.2) is 18.4 Å². The number of fused-ring (bicyclic) bond motifs is 5. The number of ether oxygens (including phenoxy) is 2. The van der Waals surface area contributed by atoms with E-state index in [1.165, 1.54) is 7.11 Å². The molecule has 2 saturated carbocycles. The van der Waals surface area contributed by atoms with Crippen molar-refractivity contribution >= 4 is 10.4 Å². The van der Waals surface area contributed by atoms with Gasteiger partial charge in [-0.2, -0.15) is 8.42 Å². The highest BCUT2D eigenvalue weighted by molar-refractivity contribution is 7.80. The molecule has 0 aromatic heterocycles. The minimum Gasteiger partial charge on any atom is -0.464 e. The number of hydrogen-bond donors (Lipinski definition) is 1. The summed E-state index contributed by atoms with van der Waals surface area (Å²) >= 11 is 0. The summed E-state index contributed by atoms with van der Waals surface area (Å²) in [6.45, 7) is 1.82. The van der Waals surface area contributed by atoms with Gasteiger partial charge in [0.05, 0.1) is 0 Å². The van der Waals surface area contributed by atoms with Gasteiger partial charge in [-0.05, 0) is 67.1 Å². The van der Waals surface area contributed by atoms with Crippen LogP contribution in [0.15, 0.2) is 12.1 Å². The first-order valence-corrected chi connectivity index (χ1v) is 11.2. The van der Waals surface area contributed by atoms with Crippen molar-refractivity contribution in [1.29, 1.82) is 0 Å². The van der Waals surface area contributed by atoms with E-state index in [1.807, 2.05) is 13.0 Å². The summed E-state index contributed by atoms with van der Waals surface area (Å²) in [6, 6.07) is 3.50. The summed E-state index contributed by atoms with van der Waals surface area (Å²) < 4.78 is 76.2. The van der Waals surface area contributed by atoms with Crippen molar-refractivity contribution < 1.29 is 35.4 Å². The van der Waals surface area contributed by atoms with Crippen molar-refractivity contribution in [2.24, 2.45) is 17.3 Å². The van der Waals surface area contributed by atoms with Gasteiger partial charge in [0.2, 0.25) is 0 Å². The second-order valence-electron chi connectivity index (χ2n) is 8.65. The zero-order valence-electron chi connectivity index (χ0n) is 16.4. The van der Waals surface area contributed by atoms with Gasteiger partial charge < -0.3 is 9.47 Å². The van der Waals surface area contributed by atoms with Gasteiger partial charge in [0.1, 0.15) is 12.3 Å². The maximum absolute atomic E-state index is 14.9. The molecule has 2 fully saturated rings. The summed E-state index contributed by atoms with van der Waals surface area (Å²) in [7, 11) is -3.27. The third-order valence-electron chi connectivity index (χ3n) is 7.26. The molecule has 162 valence electrons. The van der Waals surface area contributed by atoms with E-state index < -0.39 is 28.1 Å². The number of benzene rings is 1. The second kappa shape index (κ2) is 7.44. The molecular weight excluding hydrogens is 405 g/mol. The highest BCUT2D eigenvalue weighted by atomic mass is 32.3. The minimum absolute atomic E-state index is 0.0325. The van der Waals surface area contributed by atoms with E-state index in [2.05, 4.69) is 0 Å². The van der Waals surface area contributed by atoms with Crippen LogP contribution >= 0.6 is 0 Å². The van der Waals surface area contributed by atoms with Crippen molar-refractivity contribution in [2.45, 2.75) is 57.2 Å². The van der Waals surface area contributed by atoms with Gasteiger partial charge in [0.25, 0.3) is 0 Å². The zero-order valence-corrected chi connectivity index (χ0v) is 17.3. The van der Waals surface area contributed by atoms with E-state index in [0.717, 1.165) is 5.56 Å². The van der Waals surface area contributed by atoms with E-state index in [-0.39, 0.29) is 42.5 Å². The molecule has 1 N–H and O–H groups in total. The van der Waals surface area contributed by atoms with Gasteiger partial charge in [-0.3, -0.25) is 4.55 Å². The average Bonchev–Trinajstić information content (AvgIpc) is 2.90. The molecule has 9 heteroatoms. The molecule has 0 radical (unpaired) electrons. The molecule has 6 nitrogen and oxygen atoms in total. The SMILES string of the molecule is COCOc1ccc2c(c1F)CC[C@@H]1[C@@H]2CC[C@@]2(C)[C@H]1C[C@@H]([18F])[C@@H]2OS(=O)(=O)O. The van der Waals surface area contributed by atoms with Crippen molar-refractivity contribution in [2.75, 3.05) is 13.9 Å². The first-order chi connectivity index (χ1) is 13.7. The normalized spacial score (nSPS) is 36.2. The summed E-state index contributed by atoms with van der Waals surface area (Å²) in [5.41, 5.74) is 0.887. The molecule has 29 heavy (non-hydrogen) atoms. The fourth-order valence-electron chi connectivity index (χ4n) is 6.06. The zero-order chi connectivity index (χ0) is 21.0. The lowest BCUT2D eigenvalue weighted by Gasteiger charge is -2.50. The molecule has 1 aromatic carbocycles. The maximum atomic E-state index is 14.9. The molecule has 0 spiro atoms. The highest BCUT2D eigenvalue weighted by Crippen LogP contribution is 2.62. The predicted molar refractivity (Wildman–Crippen MR) is 100 cm³/mol. The van der Waals surface area contributed by atoms with Crippen LogP contribution in [0.1, 0.15) is 49.7 Å². The van der Waals surface area contributed by atoms with Gasteiger partial charge in [-0.1, -0.05) is 13.0 Å². The van der Waals surface area contributed by atoms with Crippen LogP contribution in [-0.4, -0.2) is 39.1 Å². The van der Waals surface area contributed by atoms with E-state index in [4.69, 9.17) is 18.2 Å². The molecule has 4 rings (SSSR count). The first-order valence-electron chi connectivity index (χ1n) is 9.88. The van der Waals surface area contributed by atoms with Crippen molar-refractivity contribution in [3.63, 3.8) is 0 Å². The van der Waals surface area contributed by atoms with Crippen molar-refractivity contribution in [3.8, 4) is 5.75 Å².